The second kappa shape index (κ2) is 4.57. The first-order valence-electron chi connectivity index (χ1n) is 8.21. The summed E-state index contributed by atoms with van der Waals surface area (Å²) in [6.07, 6.45) is 0. The Morgan fingerprint density at radius 3 is 1.50 bits per heavy atom. The third kappa shape index (κ3) is 1.48. The van der Waals surface area contributed by atoms with Crippen LogP contribution in [0.2, 0.25) is 0 Å². The molecule has 0 radical (unpaired) electrons. The quantitative estimate of drug-likeness (QED) is 0.625. The molecule has 0 saturated heterocycles. The molecule has 2 nitrogen and oxygen atoms in total. The molecule has 6 rings (SSSR count). The molecule has 0 saturated carbocycles. The van der Waals surface area contributed by atoms with Gasteiger partial charge in [-0.25, -0.2) is 0 Å². The summed E-state index contributed by atoms with van der Waals surface area (Å²) in [6, 6.07) is 25.0. The van der Waals surface area contributed by atoms with Crippen molar-refractivity contribution >= 4 is 5.97 Å². The number of carbonyl (C=O) groups is 1. The highest BCUT2D eigenvalue weighted by Crippen LogP contribution is 2.59. The molecular weight excluding hydrogens is 296 g/mol. The standard InChI is InChI=1S/C22H16O2/c1-14(23)24-22-18-11-5-2-8-15(18)21(16-9-3-6-12-19(16)22)17-10-4-7-13-20(17)22/h2-13,21H,1H3. The topological polar surface area (TPSA) is 26.3 Å². The Labute approximate surface area is 140 Å². The van der Waals surface area contributed by atoms with E-state index in [-0.39, 0.29) is 11.9 Å². The fraction of sp³-hybridized carbons (Fsp3) is 0.136. The van der Waals surface area contributed by atoms with Crippen LogP contribution in [0.1, 0.15) is 46.2 Å². The lowest BCUT2D eigenvalue weighted by molar-refractivity contribution is -0.151. The second-order valence-corrected chi connectivity index (χ2v) is 6.47. The summed E-state index contributed by atoms with van der Waals surface area (Å²) >= 11 is 0. The zero-order valence-electron chi connectivity index (χ0n) is 13.3. The van der Waals surface area contributed by atoms with E-state index in [0.717, 1.165) is 16.7 Å². The Bertz CT molecular complexity index is 871. The van der Waals surface area contributed by atoms with Gasteiger partial charge in [-0.15, -0.1) is 0 Å². The molecule has 2 heteroatoms. The average molecular weight is 312 g/mol. The van der Waals surface area contributed by atoms with Crippen LogP contribution in [0.4, 0.5) is 0 Å². The molecule has 0 fully saturated rings. The summed E-state index contributed by atoms with van der Waals surface area (Å²) in [5.74, 6) is -0.0687. The van der Waals surface area contributed by atoms with Gasteiger partial charge in [-0.1, -0.05) is 72.8 Å². The lowest BCUT2D eigenvalue weighted by Gasteiger charge is -2.49. The van der Waals surface area contributed by atoms with Crippen molar-refractivity contribution in [1.82, 2.24) is 0 Å². The van der Waals surface area contributed by atoms with Gasteiger partial charge >= 0.3 is 5.97 Å². The summed E-state index contributed by atoms with van der Waals surface area (Å²) < 4.78 is 6.11. The Balaban J connectivity index is 1.98. The van der Waals surface area contributed by atoms with E-state index >= 15 is 0 Å². The lowest BCUT2D eigenvalue weighted by Crippen LogP contribution is -2.45. The fourth-order valence-corrected chi connectivity index (χ4v) is 4.53. The van der Waals surface area contributed by atoms with Crippen molar-refractivity contribution in [2.45, 2.75) is 18.4 Å². The van der Waals surface area contributed by atoms with E-state index in [1.165, 1.54) is 23.6 Å². The van der Waals surface area contributed by atoms with Crippen molar-refractivity contribution < 1.29 is 9.53 Å². The Morgan fingerprint density at radius 2 is 1.12 bits per heavy atom. The first-order valence-corrected chi connectivity index (χ1v) is 8.21. The monoisotopic (exact) mass is 312 g/mol. The second-order valence-electron chi connectivity index (χ2n) is 6.47. The molecule has 0 spiro atoms. The van der Waals surface area contributed by atoms with Crippen LogP contribution in [0.25, 0.3) is 0 Å². The minimum atomic E-state index is -0.843. The van der Waals surface area contributed by atoms with Gasteiger partial charge in [-0.2, -0.15) is 0 Å². The first kappa shape index (κ1) is 13.6. The van der Waals surface area contributed by atoms with Crippen LogP contribution in [0, 0.1) is 0 Å². The van der Waals surface area contributed by atoms with E-state index in [1.54, 1.807) is 0 Å². The molecule has 2 bridgehead atoms. The van der Waals surface area contributed by atoms with Gasteiger partial charge in [0.25, 0.3) is 0 Å². The van der Waals surface area contributed by atoms with Gasteiger partial charge in [-0.05, 0) is 16.7 Å². The fourth-order valence-electron chi connectivity index (χ4n) is 4.53. The van der Waals surface area contributed by atoms with Crippen LogP contribution in [-0.2, 0) is 15.1 Å². The summed E-state index contributed by atoms with van der Waals surface area (Å²) in [7, 11) is 0. The van der Waals surface area contributed by atoms with E-state index in [0.29, 0.717) is 0 Å². The number of ether oxygens (including phenoxy) is 1. The number of hydrogen-bond donors (Lipinski definition) is 0. The van der Waals surface area contributed by atoms with E-state index in [9.17, 15) is 4.79 Å². The Kier molecular flexibility index (Phi) is 2.58. The van der Waals surface area contributed by atoms with Crippen molar-refractivity contribution in [2.75, 3.05) is 0 Å². The van der Waals surface area contributed by atoms with Crippen molar-refractivity contribution in [3.63, 3.8) is 0 Å². The molecule has 0 atom stereocenters. The molecule has 3 aromatic rings. The summed E-state index contributed by atoms with van der Waals surface area (Å²) in [6.45, 7) is 1.49. The number of benzene rings is 3. The van der Waals surface area contributed by atoms with Gasteiger partial charge < -0.3 is 4.74 Å². The van der Waals surface area contributed by atoms with Crippen molar-refractivity contribution in [3.05, 3.63) is 106 Å². The zero-order valence-corrected chi connectivity index (χ0v) is 13.3. The minimum Gasteiger partial charge on any atom is -0.444 e. The third-order valence-corrected chi connectivity index (χ3v) is 5.25. The van der Waals surface area contributed by atoms with E-state index < -0.39 is 5.60 Å². The van der Waals surface area contributed by atoms with E-state index in [4.69, 9.17) is 4.74 Å². The van der Waals surface area contributed by atoms with Crippen LogP contribution in [0.5, 0.6) is 0 Å². The highest BCUT2D eigenvalue weighted by molar-refractivity contribution is 5.75. The normalized spacial score (nSPS) is 22.3. The van der Waals surface area contributed by atoms with Gasteiger partial charge in [0, 0.05) is 29.5 Å². The highest BCUT2D eigenvalue weighted by atomic mass is 16.6. The molecule has 0 aromatic heterocycles. The van der Waals surface area contributed by atoms with Crippen molar-refractivity contribution in [3.8, 4) is 0 Å². The number of rotatable bonds is 1. The minimum absolute atomic E-state index is 0.200. The van der Waals surface area contributed by atoms with E-state index in [2.05, 4.69) is 54.6 Å². The Hall–Kier alpha value is -2.87. The van der Waals surface area contributed by atoms with Crippen LogP contribution < -0.4 is 0 Å². The van der Waals surface area contributed by atoms with Gasteiger partial charge in [0.2, 0.25) is 0 Å². The molecule has 116 valence electrons. The third-order valence-electron chi connectivity index (χ3n) is 5.25. The molecule has 0 unspecified atom stereocenters. The number of hydrogen-bond acceptors (Lipinski definition) is 2. The maximum Gasteiger partial charge on any atom is 0.304 e. The number of esters is 1. The highest BCUT2D eigenvalue weighted by Gasteiger charge is 2.53. The first-order chi connectivity index (χ1) is 11.7. The van der Waals surface area contributed by atoms with Crippen molar-refractivity contribution in [2.24, 2.45) is 0 Å². The summed E-state index contributed by atoms with van der Waals surface area (Å²) in [5.41, 5.74) is 6.11. The molecule has 3 aliphatic carbocycles. The molecule has 3 aromatic carbocycles. The van der Waals surface area contributed by atoms with Gasteiger partial charge in [0.05, 0.1) is 0 Å². The predicted octanol–water partition coefficient (Wildman–Crippen LogP) is 4.35. The molecule has 0 heterocycles. The van der Waals surface area contributed by atoms with Gasteiger partial charge in [0.15, 0.2) is 5.60 Å². The van der Waals surface area contributed by atoms with Crippen LogP contribution in [0.15, 0.2) is 72.8 Å². The zero-order chi connectivity index (χ0) is 16.3. The van der Waals surface area contributed by atoms with Crippen LogP contribution >= 0.6 is 0 Å². The largest absolute Gasteiger partial charge is 0.444 e. The molecule has 0 N–H and O–H groups in total. The van der Waals surface area contributed by atoms with Crippen LogP contribution in [0.3, 0.4) is 0 Å². The maximum absolute atomic E-state index is 12.1. The lowest BCUT2D eigenvalue weighted by atomic mass is 9.58. The van der Waals surface area contributed by atoms with E-state index in [1.807, 2.05) is 18.2 Å². The number of carbonyl (C=O) groups excluding carboxylic acids is 1. The molecule has 0 aliphatic heterocycles. The predicted molar refractivity (Wildman–Crippen MR) is 91.9 cm³/mol. The van der Waals surface area contributed by atoms with Gasteiger partial charge in [-0.3, -0.25) is 4.79 Å². The SMILES string of the molecule is CC(=O)OC12c3ccccc3C(c3ccccc31)c1ccccc12. The molecule has 24 heavy (non-hydrogen) atoms. The maximum atomic E-state index is 12.1. The van der Waals surface area contributed by atoms with Gasteiger partial charge in [0.1, 0.15) is 0 Å². The summed E-state index contributed by atoms with van der Waals surface area (Å²) in [5, 5.41) is 0. The Morgan fingerprint density at radius 1 is 0.750 bits per heavy atom. The van der Waals surface area contributed by atoms with Crippen molar-refractivity contribution in [1.29, 1.82) is 0 Å². The average Bonchev–Trinajstić information content (AvgIpc) is 2.62. The molecular formula is C22H16O2. The molecule has 0 amide bonds. The summed E-state index contributed by atoms with van der Waals surface area (Å²) in [4.78, 5) is 12.1. The molecule has 3 aliphatic rings. The smallest absolute Gasteiger partial charge is 0.304 e. The van der Waals surface area contributed by atoms with Crippen LogP contribution in [-0.4, -0.2) is 5.97 Å².